The van der Waals surface area contributed by atoms with Crippen molar-refractivity contribution in [1.29, 1.82) is 0 Å². The lowest BCUT2D eigenvalue weighted by Gasteiger charge is -2.12. The van der Waals surface area contributed by atoms with Crippen molar-refractivity contribution in [3.05, 3.63) is 64.4 Å². The molecule has 6 heteroatoms. The van der Waals surface area contributed by atoms with E-state index in [0.717, 1.165) is 18.2 Å². The molecule has 0 unspecified atom stereocenters. The number of pyridine rings is 1. The molecule has 2 nitrogen and oxygen atoms in total. The third-order valence-electron chi connectivity index (χ3n) is 2.46. The number of ketones is 1. The van der Waals surface area contributed by atoms with Gasteiger partial charge in [-0.3, -0.25) is 9.78 Å². The van der Waals surface area contributed by atoms with Crippen LogP contribution in [0.15, 0.2) is 42.7 Å². The third-order valence-corrected chi connectivity index (χ3v) is 2.69. The van der Waals surface area contributed by atoms with Gasteiger partial charge in [-0.2, -0.15) is 13.2 Å². The Balaban J connectivity index is 2.56. The van der Waals surface area contributed by atoms with Crippen LogP contribution in [0.5, 0.6) is 0 Å². The highest BCUT2D eigenvalue weighted by Gasteiger charge is 2.35. The molecular formula is C13H7ClF3NO. The Morgan fingerprint density at radius 3 is 2.53 bits per heavy atom. The highest BCUT2D eigenvalue weighted by molar-refractivity contribution is 6.31. The molecule has 1 aromatic heterocycles. The quantitative estimate of drug-likeness (QED) is 0.781. The van der Waals surface area contributed by atoms with Crippen molar-refractivity contribution in [1.82, 2.24) is 4.98 Å². The summed E-state index contributed by atoms with van der Waals surface area (Å²) in [6.45, 7) is 0. The number of hydrogen-bond donors (Lipinski definition) is 0. The molecule has 0 aliphatic heterocycles. The number of benzene rings is 1. The van der Waals surface area contributed by atoms with Gasteiger partial charge in [0.05, 0.1) is 5.56 Å². The van der Waals surface area contributed by atoms with E-state index in [9.17, 15) is 18.0 Å². The van der Waals surface area contributed by atoms with Crippen LogP contribution < -0.4 is 0 Å². The molecule has 19 heavy (non-hydrogen) atoms. The Kier molecular flexibility index (Phi) is 3.57. The number of aromatic nitrogens is 1. The molecule has 0 saturated carbocycles. The molecule has 0 spiro atoms. The minimum Gasteiger partial charge on any atom is -0.289 e. The number of carbonyl (C=O) groups excluding carboxylic acids is 1. The molecule has 98 valence electrons. The van der Waals surface area contributed by atoms with Crippen molar-refractivity contribution >= 4 is 17.4 Å². The molecule has 0 atom stereocenters. The fourth-order valence-corrected chi connectivity index (χ4v) is 1.78. The molecule has 0 N–H and O–H groups in total. The van der Waals surface area contributed by atoms with E-state index in [4.69, 9.17) is 11.6 Å². The van der Waals surface area contributed by atoms with Gasteiger partial charge in [0.25, 0.3) is 0 Å². The zero-order valence-corrected chi connectivity index (χ0v) is 10.2. The number of rotatable bonds is 2. The SMILES string of the molecule is O=C(c1cccnc1)c1cc(Cl)ccc1C(F)(F)F. The maximum absolute atomic E-state index is 12.8. The first kappa shape index (κ1) is 13.5. The number of carbonyl (C=O) groups is 1. The minimum atomic E-state index is -4.61. The summed E-state index contributed by atoms with van der Waals surface area (Å²) in [7, 11) is 0. The second-order valence-electron chi connectivity index (χ2n) is 3.76. The van der Waals surface area contributed by atoms with E-state index in [1.807, 2.05) is 0 Å². The fourth-order valence-electron chi connectivity index (χ4n) is 1.60. The summed E-state index contributed by atoms with van der Waals surface area (Å²) in [5.41, 5.74) is -1.41. The van der Waals surface area contributed by atoms with Crippen LogP contribution in [0.4, 0.5) is 13.2 Å². The highest BCUT2D eigenvalue weighted by Crippen LogP contribution is 2.34. The molecule has 2 aromatic rings. The molecule has 0 aliphatic rings. The Bertz CT molecular complexity index is 611. The molecule has 0 radical (unpaired) electrons. The van der Waals surface area contributed by atoms with Crippen LogP contribution in [-0.4, -0.2) is 10.8 Å². The molecule has 0 amide bonds. The molecule has 2 rings (SSSR count). The zero-order chi connectivity index (χ0) is 14.0. The smallest absolute Gasteiger partial charge is 0.289 e. The zero-order valence-electron chi connectivity index (χ0n) is 9.41. The normalized spacial score (nSPS) is 11.4. The first-order valence-electron chi connectivity index (χ1n) is 5.21. The summed E-state index contributed by atoms with van der Waals surface area (Å²) in [5, 5.41) is 0.0697. The maximum Gasteiger partial charge on any atom is 0.417 e. The van der Waals surface area contributed by atoms with Gasteiger partial charge in [0.15, 0.2) is 5.78 Å². The third kappa shape index (κ3) is 2.93. The van der Waals surface area contributed by atoms with E-state index in [-0.39, 0.29) is 10.6 Å². The van der Waals surface area contributed by atoms with Crippen molar-refractivity contribution in [2.75, 3.05) is 0 Å². The Hall–Kier alpha value is -1.88. The molecule has 0 saturated heterocycles. The summed E-state index contributed by atoms with van der Waals surface area (Å²) in [6.07, 6.45) is -1.97. The van der Waals surface area contributed by atoms with Gasteiger partial charge in [0.1, 0.15) is 0 Å². The van der Waals surface area contributed by atoms with Gasteiger partial charge < -0.3 is 0 Å². The summed E-state index contributed by atoms with van der Waals surface area (Å²) < 4.78 is 38.5. The first-order chi connectivity index (χ1) is 8.89. The minimum absolute atomic E-state index is 0.0697. The van der Waals surface area contributed by atoms with Crippen LogP contribution in [-0.2, 0) is 6.18 Å². The lowest BCUT2D eigenvalue weighted by Crippen LogP contribution is -2.14. The standard InChI is InChI=1S/C13H7ClF3NO/c14-9-3-4-11(13(15,16)17)10(6-9)12(19)8-2-1-5-18-7-8/h1-7H. The molecule has 1 aromatic carbocycles. The number of nitrogens with zero attached hydrogens (tertiary/aromatic N) is 1. The van der Waals surface area contributed by atoms with Gasteiger partial charge in [-0.15, -0.1) is 0 Å². The van der Waals surface area contributed by atoms with E-state index in [0.29, 0.717) is 0 Å². The van der Waals surface area contributed by atoms with Crippen molar-refractivity contribution in [3.63, 3.8) is 0 Å². The van der Waals surface area contributed by atoms with E-state index in [1.165, 1.54) is 24.5 Å². The molecule has 0 aliphatic carbocycles. The second-order valence-corrected chi connectivity index (χ2v) is 4.19. The highest BCUT2D eigenvalue weighted by atomic mass is 35.5. The first-order valence-corrected chi connectivity index (χ1v) is 5.59. The van der Waals surface area contributed by atoms with Crippen LogP contribution in [0.2, 0.25) is 5.02 Å². The Labute approximate surface area is 111 Å². The van der Waals surface area contributed by atoms with E-state index < -0.39 is 23.1 Å². The van der Waals surface area contributed by atoms with Gasteiger partial charge in [0, 0.05) is 28.5 Å². The van der Waals surface area contributed by atoms with Crippen LogP contribution in [0.3, 0.4) is 0 Å². The van der Waals surface area contributed by atoms with Gasteiger partial charge in [-0.1, -0.05) is 11.6 Å². The van der Waals surface area contributed by atoms with Gasteiger partial charge in [-0.05, 0) is 30.3 Å². The maximum atomic E-state index is 12.8. The monoisotopic (exact) mass is 285 g/mol. The Morgan fingerprint density at radius 1 is 1.21 bits per heavy atom. The average Bonchev–Trinajstić information content (AvgIpc) is 2.37. The summed E-state index contributed by atoms with van der Waals surface area (Å²) >= 11 is 5.66. The topological polar surface area (TPSA) is 30.0 Å². The van der Waals surface area contributed by atoms with Gasteiger partial charge >= 0.3 is 6.18 Å². The van der Waals surface area contributed by atoms with Crippen molar-refractivity contribution in [2.24, 2.45) is 0 Å². The summed E-state index contributed by atoms with van der Waals surface area (Å²) in [5.74, 6) is -0.761. The van der Waals surface area contributed by atoms with Crippen molar-refractivity contribution in [3.8, 4) is 0 Å². The second kappa shape index (κ2) is 5.01. The molecular weight excluding hydrogens is 279 g/mol. The van der Waals surface area contributed by atoms with Crippen LogP contribution >= 0.6 is 11.6 Å². The van der Waals surface area contributed by atoms with Crippen LogP contribution in [0.1, 0.15) is 21.5 Å². The lowest BCUT2D eigenvalue weighted by atomic mass is 9.99. The van der Waals surface area contributed by atoms with Crippen LogP contribution in [0, 0.1) is 0 Å². The van der Waals surface area contributed by atoms with Gasteiger partial charge in [0.2, 0.25) is 0 Å². The molecule has 1 heterocycles. The lowest BCUT2D eigenvalue weighted by molar-refractivity contribution is -0.137. The number of hydrogen-bond acceptors (Lipinski definition) is 2. The fraction of sp³-hybridized carbons (Fsp3) is 0.0769. The largest absolute Gasteiger partial charge is 0.417 e. The summed E-state index contributed by atoms with van der Waals surface area (Å²) in [4.78, 5) is 15.8. The van der Waals surface area contributed by atoms with E-state index in [1.54, 1.807) is 0 Å². The predicted octanol–water partition coefficient (Wildman–Crippen LogP) is 3.98. The van der Waals surface area contributed by atoms with Gasteiger partial charge in [-0.25, -0.2) is 0 Å². The molecule has 0 bridgehead atoms. The van der Waals surface area contributed by atoms with E-state index >= 15 is 0 Å². The Morgan fingerprint density at radius 2 is 1.95 bits per heavy atom. The molecule has 0 fully saturated rings. The number of halogens is 4. The average molecular weight is 286 g/mol. The van der Waals surface area contributed by atoms with Crippen molar-refractivity contribution < 1.29 is 18.0 Å². The van der Waals surface area contributed by atoms with E-state index in [2.05, 4.69) is 4.98 Å². The van der Waals surface area contributed by atoms with Crippen LogP contribution in [0.25, 0.3) is 0 Å². The predicted molar refractivity (Wildman–Crippen MR) is 64.1 cm³/mol. The summed E-state index contributed by atoms with van der Waals surface area (Å²) in [6, 6.07) is 5.79. The van der Waals surface area contributed by atoms with Crippen molar-refractivity contribution in [2.45, 2.75) is 6.18 Å². The number of alkyl halides is 3.